The molecule has 1 aliphatic heterocycles. The maximum Gasteiger partial charge on any atom is 0.328 e. The van der Waals surface area contributed by atoms with E-state index in [0.29, 0.717) is 28.3 Å². The van der Waals surface area contributed by atoms with Gasteiger partial charge in [0.1, 0.15) is 11.3 Å². The highest BCUT2D eigenvalue weighted by Gasteiger charge is 2.28. The monoisotopic (exact) mass is 418 g/mol. The number of amides is 4. The van der Waals surface area contributed by atoms with Crippen molar-refractivity contribution in [2.75, 3.05) is 14.2 Å². The van der Waals surface area contributed by atoms with Gasteiger partial charge in [0.25, 0.3) is 11.8 Å². The quantitative estimate of drug-likeness (QED) is 0.486. The van der Waals surface area contributed by atoms with Crippen molar-refractivity contribution in [3.8, 4) is 28.4 Å². The third-order valence-electron chi connectivity index (χ3n) is 4.66. The summed E-state index contributed by atoms with van der Waals surface area (Å²) in [7, 11) is 3.07. The van der Waals surface area contributed by atoms with E-state index in [9.17, 15) is 14.4 Å². The minimum atomic E-state index is -0.854. The Kier molecular flexibility index (Phi) is 5.23. The molecule has 4 rings (SSSR count). The minimum absolute atomic E-state index is 0.200. The maximum atomic E-state index is 12.2. The van der Waals surface area contributed by atoms with E-state index >= 15 is 0 Å². The predicted molar refractivity (Wildman–Crippen MR) is 112 cm³/mol. The molecule has 2 N–H and O–H groups in total. The van der Waals surface area contributed by atoms with E-state index in [1.807, 2.05) is 30.3 Å². The van der Waals surface area contributed by atoms with Crippen molar-refractivity contribution >= 4 is 23.9 Å². The number of carbonyl (C=O) groups excluding carboxylic acids is 3. The summed E-state index contributed by atoms with van der Waals surface area (Å²) in [6.45, 7) is 0. The molecule has 0 aliphatic carbocycles. The Morgan fingerprint density at radius 1 is 0.903 bits per heavy atom. The smallest absolute Gasteiger partial charge is 0.328 e. The zero-order valence-electron chi connectivity index (χ0n) is 16.7. The zero-order valence-corrected chi connectivity index (χ0v) is 16.7. The number of para-hydroxylation sites is 1. The fraction of sp³-hybridized carbons (Fsp3) is 0.0909. The number of imide groups is 2. The van der Waals surface area contributed by atoms with E-state index in [1.54, 1.807) is 36.2 Å². The second-order valence-corrected chi connectivity index (χ2v) is 6.58. The number of methoxy groups -OCH3 is 2. The van der Waals surface area contributed by atoms with Crippen LogP contribution in [0.1, 0.15) is 5.56 Å². The summed E-state index contributed by atoms with van der Waals surface area (Å²) in [6.07, 6.45) is 3.10. The zero-order chi connectivity index (χ0) is 22.0. The van der Waals surface area contributed by atoms with E-state index in [0.717, 1.165) is 5.69 Å². The number of aromatic nitrogens is 2. The molecule has 0 spiro atoms. The Morgan fingerprint density at radius 3 is 2.23 bits per heavy atom. The Morgan fingerprint density at radius 2 is 1.58 bits per heavy atom. The molecule has 1 aliphatic rings. The first kappa shape index (κ1) is 19.9. The van der Waals surface area contributed by atoms with Crippen LogP contribution in [0, 0.1) is 0 Å². The summed E-state index contributed by atoms with van der Waals surface area (Å²) >= 11 is 0. The number of urea groups is 1. The summed E-state index contributed by atoms with van der Waals surface area (Å²) in [6, 6.07) is 13.8. The van der Waals surface area contributed by atoms with Crippen molar-refractivity contribution in [2.24, 2.45) is 0 Å². The number of benzene rings is 2. The van der Waals surface area contributed by atoms with E-state index in [1.165, 1.54) is 13.2 Å². The molecule has 31 heavy (non-hydrogen) atoms. The van der Waals surface area contributed by atoms with Crippen LogP contribution in [0.3, 0.4) is 0 Å². The van der Waals surface area contributed by atoms with Crippen LogP contribution in [-0.2, 0) is 9.59 Å². The van der Waals surface area contributed by atoms with Gasteiger partial charge in [-0.2, -0.15) is 5.10 Å². The summed E-state index contributed by atoms with van der Waals surface area (Å²) in [5.41, 5.74) is 2.29. The van der Waals surface area contributed by atoms with Crippen LogP contribution < -0.4 is 20.1 Å². The van der Waals surface area contributed by atoms with E-state index in [-0.39, 0.29) is 5.57 Å². The van der Waals surface area contributed by atoms with E-state index < -0.39 is 17.8 Å². The first-order chi connectivity index (χ1) is 15.0. The molecule has 3 aromatic rings. The number of hydrogen-bond donors (Lipinski definition) is 2. The number of hydrogen-bond acceptors (Lipinski definition) is 6. The molecule has 0 radical (unpaired) electrons. The largest absolute Gasteiger partial charge is 0.493 e. The number of ether oxygens (including phenoxy) is 2. The molecule has 9 nitrogen and oxygen atoms in total. The predicted octanol–water partition coefficient (Wildman–Crippen LogP) is 2.31. The lowest BCUT2D eigenvalue weighted by molar-refractivity contribution is -0.123. The van der Waals surface area contributed by atoms with Gasteiger partial charge < -0.3 is 9.47 Å². The summed E-state index contributed by atoms with van der Waals surface area (Å²) in [4.78, 5) is 35.8. The molecule has 1 saturated heterocycles. The highest BCUT2D eigenvalue weighted by Crippen LogP contribution is 2.34. The SMILES string of the molecule is COc1ccc(-c2nn(-c3ccccc3)cc2C=C2C(=O)NC(=O)NC2=O)cc1OC. The lowest BCUT2D eigenvalue weighted by Gasteiger charge is -2.14. The molecule has 0 unspecified atom stereocenters. The highest BCUT2D eigenvalue weighted by atomic mass is 16.5. The molecule has 2 heterocycles. The van der Waals surface area contributed by atoms with Crippen LogP contribution in [-0.4, -0.2) is 41.8 Å². The second-order valence-electron chi connectivity index (χ2n) is 6.58. The Balaban J connectivity index is 1.87. The fourth-order valence-electron chi connectivity index (χ4n) is 3.18. The average molecular weight is 418 g/mol. The van der Waals surface area contributed by atoms with Crippen LogP contribution in [0.4, 0.5) is 4.79 Å². The molecule has 156 valence electrons. The normalized spacial score (nSPS) is 13.5. The van der Waals surface area contributed by atoms with Crippen LogP contribution >= 0.6 is 0 Å². The number of rotatable bonds is 5. The van der Waals surface area contributed by atoms with Gasteiger partial charge in [-0.15, -0.1) is 0 Å². The number of nitrogens with one attached hydrogen (secondary N) is 2. The van der Waals surface area contributed by atoms with Crippen molar-refractivity contribution in [3.05, 3.63) is 65.9 Å². The molecule has 9 heteroatoms. The standard InChI is InChI=1S/C22H18N4O5/c1-30-17-9-8-13(11-18(17)31-2)19-14(10-16-20(27)23-22(29)24-21(16)28)12-26(25-19)15-6-4-3-5-7-15/h3-12H,1-2H3,(H2,23,24,27,28,29). The summed E-state index contributed by atoms with van der Waals surface area (Å²) in [5.74, 6) is -0.497. The third-order valence-corrected chi connectivity index (χ3v) is 4.66. The van der Waals surface area contributed by atoms with Gasteiger partial charge in [0, 0.05) is 17.3 Å². The molecule has 0 atom stereocenters. The first-order valence-electron chi connectivity index (χ1n) is 9.26. The van der Waals surface area contributed by atoms with Gasteiger partial charge in [0.2, 0.25) is 0 Å². The molecule has 2 aromatic carbocycles. The van der Waals surface area contributed by atoms with E-state index in [2.05, 4.69) is 15.7 Å². The first-order valence-corrected chi connectivity index (χ1v) is 9.26. The molecular weight excluding hydrogens is 400 g/mol. The van der Waals surface area contributed by atoms with E-state index in [4.69, 9.17) is 9.47 Å². The van der Waals surface area contributed by atoms with Gasteiger partial charge >= 0.3 is 6.03 Å². The van der Waals surface area contributed by atoms with Crippen molar-refractivity contribution in [2.45, 2.75) is 0 Å². The van der Waals surface area contributed by atoms with Gasteiger partial charge in [-0.3, -0.25) is 20.2 Å². The van der Waals surface area contributed by atoms with Crippen LogP contribution in [0.5, 0.6) is 11.5 Å². The van der Waals surface area contributed by atoms with Gasteiger partial charge in [0.15, 0.2) is 11.5 Å². The van der Waals surface area contributed by atoms with Crippen molar-refractivity contribution in [1.29, 1.82) is 0 Å². The van der Waals surface area contributed by atoms with Crippen LogP contribution in [0.15, 0.2) is 60.3 Å². The number of barbiturate groups is 1. The van der Waals surface area contributed by atoms with Gasteiger partial charge in [-0.1, -0.05) is 18.2 Å². The lowest BCUT2D eigenvalue weighted by atomic mass is 10.0. The molecule has 4 amide bonds. The Labute approximate surface area is 177 Å². The van der Waals surface area contributed by atoms with Gasteiger partial charge in [-0.05, 0) is 36.4 Å². The van der Waals surface area contributed by atoms with Gasteiger partial charge in [0.05, 0.1) is 19.9 Å². The van der Waals surface area contributed by atoms with Crippen LogP contribution in [0.25, 0.3) is 23.0 Å². The Bertz CT molecular complexity index is 1190. The molecule has 0 bridgehead atoms. The average Bonchev–Trinajstić information content (AvgIpc) is 3.20. The van der Waals surface area contributed by atoms with Gasteiger partial charge in [-0.25, -0.2) is 9.48 Å². The summed E-state index contributed by atoms with van der Waals surface area (Å²) < 4.78 is 12.3. The molecule has 0 saturated carbocycles. The third kappa shape index (κ3) is 3.88. The Hall–Kier alpha value is -4.40. The fourth-order valence-corrected chi connectivity index (χ4v) is 3.18. The maximum absolute atomic E-state index is 12.2. The molecule has 1 aromatic heterocycles. The highest BCUT2D eigenvalue weighted by molar-refractivity contribution is 6.31. The van der Waals surface area contributed by atoms with Crippen molar-refractivity contribution in [3.63, 3.8) is 0 Å². The van der Waals surface area contributed by atoms with Crippen LogP contribution in [0.2, 0.25) is 0 Å². The van der Waals surface area contributed by atoms with Crippen molar-refractivity contribution in [1.82, 2.24) is 20.4 Å². The lowest BCUT2D eigenvalue weighted by Crippen LogP contribution is -2.51. The van der Waals surface area contributed by atoms with Crippen molar-refractivity contribution < 1.29 is 23.9 Å². The second kappa shape index (κ2) is 8.15. The molecule has 1 fully saturated rings. The number of nitrogens with zero attached hydrogens (tertiary/aromatic N) is 2. The minimum Gasteiger partial charge on any atom is -0.493 e. The number of carbonyl (C=O) groups is 3. The topological polar surface area (TPSA) is 112 Å². The summed E-state index contributed by atoms with van der Waals surface area (Å²) in [5, 5.41) is 8.80. The molecular formula is C22H18N4O5.